The lowest BCUT2D eigenvalue weighted by atomic mass is 9.92. The number of anilines is 1. The number of nitrogens with zero attached hydrogens (tertiary/aromatic N) is 1. The van der Waals surface area contributed by atoms with Crippen LogP contribution in [0.4, 0.5) is 18.9 Å². The Morgan fingerprint density at radius 3 is 2.68 bits per heavy atom. The third kappa shape index (κ3) is 3.39. The van der Waals surface area contributed by atoms with Crippen LogP contribution in [-0.4, -0.2) is 30.3 Å². The van der Waals surface area contributed by atoms with Gasteiger partial charge in [0.15, 0.2) is 0 Å². The van der Waals surface area contributed by atoms with Crippen molar-refractivity contribution in [3.8, 4) is 0 Å². The smallest absolute Gasteiger partial charge is 0.390 e. The number of fused-ring (bicyclic) bond motifs is 1. The normalized spacial score (nSPS) is 19.1. The maximum absolute atomic E-state index is 12.3. The molecule has 0 amide bonds. The van der Waals surface area contributed by atoms with Crippen molar-refractivity contribution in [2.45, 2.75) is 19.0 Å². The maximum Gasteiger partial charge on any atom is 0.390 e. The lowest BCUT2D eigenvalue weighted by molar-refractivity contribution is -0.141. The summed E-state index contributed by atoms with van der Waals surface area (Å²) in [6, 6.07) is 7.03. The molecule has 19 heavy (non-hydrogen) atoms. The average Bonchev–Trinajstić information content (AvgIpc) is 2.34. The van der Waals surface area contributed by atoms with Gasteiger partial charge in [-0.1, -0.05) is 18.2 Å². The summed E-state index contributed by atoms with van der Waals surface area (Å²) in [6.07, 6.45) is -4.80. The molecule has 0 spiro atoms. The highest BCUT2D eigenvalue weighted by Gasteiger charge is 2.32. The zero-order chi connectivity index (χ0) is 14.0. The first-order valence-electron chi connectivity index (χ1n) is 5.99. The average molecular weight is 273 g/mol. The van der Waals surface area contributed by atoms with Crippen LogP contribution in [0.1, 0.15) is 12.0 Å². The third-order valence-electron chi connectivity index (χ3n) is 3.25. The van der Waals surface area contributed by atoms with Crippen molar-refractivity contribution in [1.29, 1.82) is 0 Å². The van der Waals surface area contributed by atoms with E-state index in [1.807, 2.05) is 0 Å². The van der Waals surface area contributed by atoms with Gasteiger partial charge in [-0.2, -0.15) is 13.2 Å². The Morgan fingerprint density at radius 1 is 1.37 bits per heavy atom. The van der Waals surface area contributed by atoms with Crippen molar-refractivity contribution in [2.24, 2.45) is 5.92 Å². The zero-order valence-corrected chi connectivity index (χ0v) is 10.2. The lowest BCUT2D eigenvalue weighted by Gasteiger charge is -2.34. The summed E-state index contributed by atoms with van der Waals surface area (Å²) in [5, 5.41) is 9.06. The number of para-hydroxylation sites is 1. The fourth-order valence-corrected chi connectivity index (χ4v) is 2.33. The number of alkyl halides is 3. The monoisotopic (exact) mass is 273 g/mol. The molecule has 1 atom stereocenters. The molecule has 0 fully saturated rings. The number of benzene rings is 1. The summed E-state index contributed by atoms with van der Waals surface area (Å²) in [5.41, 5.74) is 1.51. The number of hydrogen-bond acceptors (Lipinski definition) is 2. The van der Waals surface area contributed by atoms with Gasteiger partial charge in [-0.25, -0.2) is 0 Å². The van der Waals surface area contributed by atoms with Crippen molar-refractivity contribution in [3.63, 3.8) is 0 Å². The van der Waals surface area contributed by atoms with Crippen LogP contribution in [0, 0.1) is 5.92 Å². The minimum absolute atomic E-state index is 0.127. The zero-order valence-electron chi connectivity index (χ0n) is 10.2. The molecule has 1 aliphatic heterocycles. The van der Waals surface area contributed by atoms with E-state index in [1.165, 1.54) is 4.90 Å². The number of rotatable bonds is 3. The second-order valence-corrected chi connectivity index (χ2v) is 4.68. The third-order valence-corrected chi connectivity index (χ3v) is 3.25. The summed E-state index contributed by atoms with van der Waals surface area (Å²) in [6.45, 7) is -0.0767. The minimum atomic E-state index is -4.23. The molecule has 104 valence electrons. The van der Waals surface area contributed by atoms with Gasteiger partial charge in [0, 0.05) is 18.8 Å². The molecule has 0 radical (unpaired) electrons. The Hall–Kier alpha value is -1.72. The van der Waals surface area contributed by atoms with Gasteiger partial charge in [-0.05, 0) is 18.1 Å². The van der Waals surface area contributed by atoms with E-state index in [0.29, 0.717) is 12.1 Å². The van der Waals surface area contributed by atoms with Gasteiger partial charge in [0.05, 0.1) is 12.3 Å². The number of aliphatic carboxylic acids is 1. The van der Waals surface area contributed by atoms with Crippen molar-refractivity contribution in [1.82, 2.24) is 0 Å². The predicted octanol–water partition coefficient (Wildman–Crippen LogP) is 2.70. The number of halogens is 3. The molecule has 1 unspecified atom stereocenters. The fourth-order valence-electron chi connectivity index (χ4n) is 2.33. The number of carboxylic acids is 1. The van der Waals surface area contributed by atoms with Gasteiger partial charge >= 0.3 is 12.1 Å². The van der Waals surface area contributed by atoms with Crippen LogP contribution in [0.2, 0.25) is 0 Å². The molecule has 1 aromatic carbocycles. The van der Waals surface area contributed by atoms with E-state index in [9.17, 15) is 18.0 Å². The van der Waals surface area contributed by atoms with Crippen LogP contribution in [0.15, 0.2) is 24.3 Å². The second kappa shape index (κ2) is 5.11. The summed E-state index contributed by atoms with van der Waals surface area (Å²) in [5.74, 6) is -1.62. The molecule has 0 saturated heterocycles. The molecule has 0 saturated carbocycles. The minimum Gasteiger partial charge on any atom is -0.481 e. The van der Waals surface area contributed by atoms with Crippen LogP contribution in [0.25, 0.3) is 0 Å². The fraction of sp³-hybridized carbons (Fsp3) is 0.462. The first kappa shape index (κ1) is 13.7. The molecule has 1 N–H and O–H groups in total. The van der Waals surface area contributed by atoms with Crippen molar-refractivity contribution >= 4 is 11.7 Å². The highest BCUT2D eigenvalue weighted by molar-refractivity contribution is 5.73. The number of hydrogen-bond donors (Lipinski definition) is 1. The Labute approximate surface area is 108 Å². The Morgan fingerprint density at radius 2 is 2.05 bits per heavy atom. The Balaban J connectivity index is 2.19. The van der Waals surface area contributed by atoms with E-state index in [2.05, 4.69) is 0 Å². The van der Waals surface area contributed by atoms with Gasteiger partial charge in [0.1, 0.15) is 0 Å². The summed E-state index contributed by atoms with van der Waals surface area (Å²) in [7, 11) is 0. The SMILES string of the molecule is O=C(O)C1Cc2ccccc2N(CCC(F)(F)F)C1. The molecular weight excluding hydrogens is 259 g/mol. The molecular formula is C13H14F3NO2. The van der Waals surface area contributed by atoms with E-state index in [1.54, 1.807) is 24.3 Å². The molecule has 0 aromatic heterocycles. The molecule has 6 heteroatoms. The van der Waals surface area contributed by atoms with Gasteiger partial charge in [-0.3, -0.25) is 4.79 Å². The second-order valence-electron chi connectivity index (χ2n) is 4.68. The highest BCUT2D eigenvalue weighted by Crippen LogP contribution is 2.31. The van der Waals surface area contributed by atoms with Crippen LogP contribution < -0.4 is 4.90 Å². The summed E-state index contributed by atoms with van der Waals surface area (Å²) < 4.78 is 36.9. The van der Waals surface area contributed by atoms with Gasteiger partial charge in [0.25, 0.3) is 0 Å². The van der Waals surface area contributed by atoms with E-state index >= 15 is 0 Å². The largest absolute Gasteiger partial charge is 0.481 e. The topological polar surface area (TPSA) is 40.5 Å². The Kier molecular flexibility index (Phi) is 3.68. The number of carbonyl (C=O) groups is 1. The van der Waals surface area contributed by atoms with Crippen molar-refractivity contribution < 1.29 is 23.1 Å². The molecule has 1 aliphatic rings. The number of carboxylic acid groups (broad SMARTS) is 1. The molecule has 0 bridgehead atoms. The van der Waals surface area contributed by atoms with Crippen LogP contribution in [0.5, 0.6) is 0 Å². The molecule has 0 aliphatic carbocycles. The van der Waals surface area contributed by atoms with E-state index in [-0.39, 0.29) is 13.1 Å². The first-order valence-corrected chi connectivity index (χ1v) is 5.99. The summed E-state index contributed by atoms with van der Waals surface area (Å²) >= 11 is 0. The molecule has 2 rings (SSSR count). The van der Waals surface area contributed by atoms with Crippen LogP contribution in [0.3, 0.4) is 0 Å². The van der Waals surface area contributed by atoms with Crippen molar-refractivity contribution in [3.05, 3.63) is 29.8 Å². The maximum atomic E-state index is 12.3. The molecule has 1 aromatic rings. The van der Waals surface area contributed by atoms with E-state index < -0.39 is 24.5 Å². The van der Waals surface area contributed by atoms with Gasteiger partial charge in [0.2, 0.25) is 0 Å². The van der Waals surface area contributed by atoms with Crippen LogP contribution >= 0.6 is 0 Å². The summed E-state index contributed by atoms with van der Waals surface area (Å²) in [4.78, 5) is 12.6. The molecule has 3 nitrogen and oxygen atoms in total. The van der Waals surface area contributed by atoms with E-state index in [4.69, 9.17) is 5.11 Å². The van der Waals surface area contributed by atoms with Gasteiger partial charge < -0.3 is 10.0 Å². The van der Waals surface area contributed by atoms with E-state index in [0.717, 1.165) is 5.56 Å². The van der Waals surface area contributed by atoms with Crippen LogP contribution in [-0.2, 0) is 11.2 Å². The first-order chi connectivity index (χ1) is 8.87. The lowest BCUT2D eigenvalue weighted by Crippen LogP contribution is -2.40. The quantitative estimate of drug-likeness (QED) is 0.920. The highest BCUT2D eigenvalue weighted by atomic mass is 19.4. The molecule has 1 heterocycles. The van der Waals surface area contributed by atoms with Crippen molar-refractivity contribution in [2.75, 3.05) is 18.0 Å². The predicted molar refractivity (Wildman–Crippen MR) is 64.2 cm³/mol. The Bertz CT molecular complexity index is 473. The standard InChI is InChI=1S/C13H14F3NO2/c14-13(15,16)5-6-17-8-10(12(18)19)7-9-3-1-2-4-11(9)17/h1-4,10H,5-8H2,(H,18,19). The van der Waals surface area contributed by atoms with Gasteiger partial charge in [-0.15, -0.1) is 0 Å².